The molecular weight excluding hydrogens is 384 g/mol. The number of rotatable bonds is 4. The molecule has 2 N–H and O–H groups in total. The van der Waals surface area contributed by atoms with E-state index in [0.29, 0.717) is 30.0 Å². The fourth-order valence-electron chi connectivity index (χ4n) is 3.63. The Balaban J connectivity index is 1.68. The van der Waals surface area contributed by atoms with Crippen molar-refractivity contribution in [2.45, 2.75) is 25.2 Å². The van der Waals surface area contributed by atoms with Crippen LogP contribution in [-0.2, 0) is 6.54 Å². The SMILES string of the molecule is O=C(N[C@H]1CCNC[C@H]1F)c1cn(Cc2ccc(Cl)cc2)c2cccc(F)c12. The van der Waals surface area contributed by atoms with E-state index in [2.05, 4.69) is 10.6 Å². The first-order valence-corrected chi connectivity index (χ1v) is 9.58. The summed E-state index contributed by atoms with van der Waals surface area (Å²) in [5.74, 6) is -0.931. The Morgan fingerprint density at radius 1 is 1.25 bits per heavy atom. The molecule has 1 amide bonds. The molecule has 2 aromatic carbocycles. The van der Waals surface area contributed by atoms with E-state index in [4.69, 9.17) is 11.6 Å². The van der Waals surface area contributed by atoms with Crippen LogP contribution in [0.3, 0.4) is 0 Å². The van der Waals surface area contributed by atoms with Gasteiger partial charge in [-0.25, -0.2) is 8.78 Å². The number of nitrogens with one attached hydrogen (secondary N) is 2. The largest absolute Gasteiger partial charge is 0.346 e. The average Bonchev–Trinajstić information content (AvgIpc) is 3.05. The molecule has 4 rings (SSSR count). The van der Waals surface area contributed by atoms with Crippen molar-refractivity contribution in [3.63, 3.8) is 0 Å². The maximum Gasteiger partial charge on any atom is 0.253 e. The van der Waals surface area contributed by atoms with Crippen molar-refractivity contribution < 1.29 is 13.6 Å². The third-order valence-corrected chi connectivity index (χ3v) is 5.34. The molecule has 0 radical (unpaired) electrons. The van der Waals surface area contributed by atoms with Gasteiger partial charge in [-0.3, -0.25) is 4.79 Å². The summed E-state index contributed by atoms with van der Waals surface area (Å²) in [5, 5.41) is 6.57. The Kier molecular flexibility index (Phi) is 5.33. The van der Waals surface area contributed by atoms with Gasteiger partial charge in [-0.1, -0.05) is 29.8 Å². The predicted octanol–water partition coefficient (Wildman–Crippen LogP) is 3.91. The van der Waals surface area contributed by atoms with Crippen LogP contribution in [0.15, 0.2) is 48.7 Å². The molecule has 1 aliphatic heterocycles. The molecule has 0 aliphatic carbocycles. The van der Waals surface area contributed by atoms with Gasteiger partial charge in [-0.15, -0.1) is 0 Å². The summed E-state index contributed by atoms with van der Waals surface area (Å²) in [6, 6.07) is 11.5. The molecule has 0 saturated carbocycles. The molecule has 0 unspecified atom stereocenters. The molecule has 7 heteroatoms. The standard InChI is InChI=1S/C21H20ClF2N3O/c22-14-6-4-13(5-7-14)11-27-12-15(20-16(23)2-1-3-19(20)27)21(28)26-18-8-9-25-10-17(18)24/h1-7,12,17-18,25H,8-11H2,(H,26,28)/t17-,18+/m1/s1. The maximum absolute atomic E-state index is 14.6. The Morgan fingerprint density at radius 2 is 2.04 bits per heavy atom. The van der Waals surface area contributed by atoms with E-state index in [0.717, 1.165) is 5.56 Å². The Bertz CT molecular complexity index is 1000. The smallest absolute Gasteiger partial charge is 0.253 e. The van der Waals surface area contributed by atoms with E-state index in [-0.39, 0.29) is 17.5 Å². The summed E-state index contributed by atoms with van der Waals surface area (Å²) < 4.78 is 30.5. The van der Waals surface area contributed by atoms with Crippen LogP contribution in [0.5, 0.6) is 0 Å². The summed E-state index contributed by atoms with van der Waals surface area (Å²) in [6.07, 6.45) is 0.968. The zero-order chi connectivity index (χ0) is 19.7. The predicted molar refractivity (Wildman–Crippen MR) is 106 cm³/mol. The zero-order valence-electron chi connectivity index (χ0n) is 15.1. The molecule has 28 heavy (non-hydrogen) atoms. The lowest BCUT2D eigenvalue weighted by Crippen LogP contribution is -2.50. The lowest BCUT2D eigenvalue weighted by molar-refractivity contribution is 0.0893. The molecule has 2 atom stereocenters. The highest BCUT2D eigenvalue weighted by Crippen LogP contribution is 2.26. The van der Waals surface area contributed by atoms with Crippen LogP contribution in [0.25, 0.3) is 10.9 Å². The Morgan fingerprint density at radius 3 is 2.79 bits per heavy atom. The van der Waals surface area contributed by atoms with Crippen molar-refractivity contribution in [3.05, 3.63) is 70.6 Å². The molecule has 3 aromatic rings. The fourth-order valence-corrected chi connectivity index (χ4v) is 3.75. The highest BCUT2D eigenvalue weighted by molar-refractivity contribution is 6.30. The number of carbonyl (C=O) groups is 1. The second-order valence-corrected chi connectivity index (χ2v) is 7.46. The lowest BCUT2D eigenvalue weighted by atomic mass is 10.0. The molecular formula is C21H20ClF2N3O. The highest BCUT2D eigenvalue weighted by atomic mass is 35.5. The van der Waals surface area contributed by atoms with Crippen LogP contribution < -0.4 is 10.6 Å². The summed E-state index contributed by atoms with van der Waals surface area (Å²) in [6.45, 7) is 1.30. The number of benzene rings is 2. The third-order valence-electron chi connectivity index (χ3n) is 5.09. The normalized spacial score (nSPS) is 19.7. The molecule has 4 nitrogen and oxygen atoms in total. The van der Waals surface area contributed by atoms with E-state index in [1.165, 1.54) is 6.07 Å². The van der Waals surface area contributed by atoms with Crippen molar-refractivity contribution in [1.29, 1.82) is 0 Å². The van der Waals surface area contributed by atoms with Crippen LogP contribution >= 0.6 is 11.6 Å². The summed E-state index contributed by atoms with van der Waals surface area (Å²) in [4.78, 5) is 12.8. The van der Waals surface area contributed by atoms with E-state index >= 15 is 0 Å². The number of amides is 1. The second kappa shape index (κ2) is 7.89. The van der Waals surface area contributed by atoms with Crippen molar-refractivity contribution in [1.82, 2.24) is 15.2 Å². The van der Waals surface area contributed by atoms with Crippen LogP contribution in [-0.4, -0.2) is 35.8 Å². The van der Waals surface area contributed by atoms with Gasteiger partial charge in [0.25, 0.3) is 5.91 Å². The van der Waals surface area contributed by atoms with Gasteiger partial charge in [-0.2, -0.15) is 0 Å². The van der Waals surface area contributed by atoms with Crippen LogP contribution in [0, 0.1) is 5.82 Å². The minimum atomic E-state index is -1.16. The number of alkyl halides is 1. The lowest BCUT2D eigenvalue weighted by Gasteiger charge is -2.27. The van der Waals surface area contributed by atoms with Gasteiger partial charge in [0.1, 0.15) is 12.0 Å². The number of hydrogen-bond acceptors (Lipinski definition) is 2. The minimum absolute atomic E-state index is 0.206. The second-order valence-electron chi connectivity index (χ2n) is 7.02. The number of hydrogen-bond donors (Lipinski definition) is 2. The number of nitrogens with zero attached hydrogens (tertiary/aromatic N) is 1. The average molecular weight is 404 g/mol. The number of aromatic nitrogens is 1. The van der Waals surface area contributed by atoms with Gasteiger partial charge < -0.3 is 15.2 Å². The van der Waals surface area contributed by atoms with E-state index in [1.54, 1.807) is 30.5 Å². The van der Waals surface area contributed by atoms with Gasteiger partial charge in [0.05, 0.1) is 17.1 Å². The minimum Gasteiger partial charge on any atom is -0.346 e. The van der Waals surface area contributed by atoms with E-state index in [1.807, 2.05) is 16.7 Å². The number of carbonyl (C=O) groups excluding carboxylic acids is 1. The van der Waals surface area contributed by atoms with Gasteiger partial charge in [0.2, 0.25) is 0 Å². The molecule has 1 aromatic heterocycles. The summed E-state index contributed by atoms with van der Waals surface area (Å²) >= 11 is 5.94. The Hall–Kier alpha value is -2.44. The zero-order valence-corrected chi connectivity index (χ0v) is 15.8. The number of halogens is 3. The fraction of sp³-hybridized carbons (Fsp3) is 0.286. The van der Waals surface area contributed by atoms with E-state index in [9.17, 15) is 13.6 Å². The number of fused-ring (bicyclic) bond motifs is 1. The van der Waals surface area contributed by atoms with Crippen molar-refractivity contribution in [2.24, 2.45) is 0 Å². The summed E-state index contributed by atoms with van der Waals surface area (Å²) in [7, 11) is 0. The van der Waals surface area contributed by atoms with Gasteiger partial charge in [0.15, 0.2) is 0 Å². The molecule has 1 saturated heterocycles. The molecule has 0 spiro atoms. The first kappa shape index (κ1) is 18.9. The molecule has 1 fully saturated rings. The van der Waals surface area contributed by atoms with Crippen molar-refractivity contribution in [3.8, 4) is 0 Å². The van der Waals surface area contributed by atoms with Crippen molar-refractivity contribution in [2.75, 3.05) is 13.1 Å². The first-order chi connectivity index (χ1) is 13.5. The van der Waals surface area contributed by atoms with Gasteiger partial charge in [0, 0.05) is 29.7 Å². The number of piperidine rings is 1. The third kappa shape index (κ3) is 3.75. The van der Waals surface area contributed by atoms with Crippen molar-refractivity contribution >= 4 is 28.4 Å². The maximum atomic E-state index is 14.6. The quantitative estimate of drug-likeness (QED) is 0.693. The summed E-state index contributed by atoms with van der Waals surface area (Å²) in [5.41, 5.74) is 1.80. The Labute approximate surface area is 166 Å². The van der Waals surface area contributed by atoms with Gasteiger partial charge in [-0.05, 0) is 42.8 Å². The first-order valence-electron chi connectivity index (χ1n) is 9.20. The highest BCUT2D eigenvalue weighted by Gasteiger charge is 2.28. The molecule has 2 heterocycles. The monoisotopic (exact) mass is 403 g/mol. The van der Waals surface area contributed by atoms with Gasteiger partial charge >= 0.3 is 0 Å². The van der Waals surface area contributed by atoms with Crippen LogP contribution in [0.1, 0.15) is 22.3 Å². The van der Waals surface area contributed by atoms with Crippen LogP contribution in [0.2, 0.25) is 5.02 Å². The van der Waals surface area contributed by atoms with E-state index < -0.39 is 23.9 Å². The topological polar surface area (TPSA) is 46.1 Å². The van der Waals surface area contributed by atoms with Crippen LogP contribution in [0.4, 0.5) is 8.78 Å². The molecule has 146 valence electrons. The molecule has 0 bridgehead atoms. The molecule has 1 aliphatic rings.